The van der Waals surface area contributed by atoms with Crippen molar-refractivity contribution < 1.29 is 14.3 Å². The van der Waals surface area contributed by atoms with Crippen molar-refractivity contribution in [2.24, 2.45) is 0 Å². The molecule has 1 unspecified atom stereocenters. The Morgan fingerprint density at radius 3 is 2.71 bits per heavy atom. The summed E-state index contributed by atoms with van der Waals surface area (Å²) >= 11 is 0. The van der Waals surface area contributed by atoms with E-state index >= 15 is 0 Å². The van der Waals surface area contributed by atoms with Crippen LogP contribution in [0.3, 0.4) is 0 Å². The number of anilines is 1. The molecule has 0 aliphatic rings. The third kappa shape index (κ3) is 3.53. The predicted octanol–water partition coefficient (Wildman–Crippen LogP) is 2.24. The van der Waals surface area contributed by atoms with Crippen molar-refractivity contribution in [2.75, 3.05) is 18.5 Å². The van der Waals surface area contributed by atoms with E-state index < -0.39 is 11.9 Å². The first kappa shape index (κ1) is 13.6. The third-order valence-electron chi connectivity index (χ3n) is 2.63. The van der Waals surface area contributed by atoms with Crippen LogP contribution in [0.1, 0.15) is 30.6 Å². The van der Waals surface area contributed by atoms with Crippen LogP contribution in [-0.4, -0.2) is 30.6 Å². The fourth-order valence-electron chi connectivity index (χ4n) is 1.68. The summed E-state index contributed by atoms with van der Waals surface area (Å²) in [4.78, 5) is 13.1. The zero-order valence-corrected chi connectivity index (χ0v) is 10.4. The monoisotopic (exact) mass is 239 g/mol. The molecule has 0 aromatic heterocycles. The van der Waals surface area contributed by atoms with E-state index in [1.807, 2.05) is 0 Å². The van der Waals surface area contributed by atoms with Gasteiger partial charge in [0.2, 0.25) is 0 Å². The first-order valence-electron chi connectivity index (χ1n) is 5.62. The Bertz CT molecular complexity index is 404. The largest absolute Gasteiger partial charge is 0.393 e. The highest BCUT2D eigenvalue weighted by Gasteiger charge is 2.15. The molecule has 17 heavy (non-hydrogen) atoms. The number of ketones is 1. The predicted molar refractivity (Wildman–Crippen MR) is 66.0 cm³/mol. The molecule has 1 N–H and O–H groups in total. The van der Waals surface area contributed by atoms with Gasteiger partial charge in [-0.3, -0.25) is 4.79 Å². The van der Waals surface area contributed by atoms with Gasteiger partial charge in [0.25, 0.3) is 0 Å². The molecule has 0 fully saturated rings. The van der Waals surface area contributed by atoms with E-state index in [0.717, 1.165) is 0 Å². The van der Waals surface area contributed by atoms with Gasteiger partial charge in [-0.05, 0) is 32.4 Å². The first-order valence-corrected chi connectivity index (χ1v) is 5.62. The van der Waals surface area contributed by atoms with Crippen LogP contribution in [0.4, 0.5) is 10.1 Å². The standard InChI is InChI=1S/C13H18FNO2/c1-9(16)7-8-15(3)13-11(10(2)17)5-4-6-12(13)14/h4-6,9,16H,7-8H2,1-3H3. The van der Waals surface area contributed by atoms with Crippen LogP contribution < -0.4 is 4.90 Å². The smallest absolute Gasteiger partial charge is 0.161 e. The molecule has 0 amide bonds. The summed E-state index contributed by atoms with van der Waals surface area (Å²) in [7, 11) is 1.72. The number of nitrogens with zero attached hydrogens (tertiary/aromatic N) is 1. The number of hydrogen-bond donors (Lipinski definition) is 1. The number of para-hydroxylation sites is 1. The van der Waals surface area contributed by atoms with Gasteiger partial charge in [0.05, 0.1) is 11.8 Å². The van der Waals surface area contributed by atoms with Gasteiger partial charge in [-0.25, -0.2) is 4.39 Å². The normalized spacial score (nSPS) is 12.3. The molecule has 0 bridgehead atoms. The quantitative estimate of drug-likeness (QED) is 0.801. The molecule has 0 spiro atoms. The number of aliphatic hydroxyl groups is 1. The van der Waals surface area contributed by atoms with E-state index in [0.29, 0.717) is 24.2 Å². The fourth-order valence-corrected chi connectivity index (χ4v) is 1.68. The van der Waals surface area contributed by atoms with Gasteiger partial charge in [-0.15, -0.1) is 0 Å². The maximum absolute atomic E-state index is 13.7. The lowest BCUT2D eigenvalue weighted by Crippen LogP contribution is -2.24. The van der Waals surface area contributed by atoms with E-state index in [1.165, 1.54) is 19.1 Å². The van der Waals surface area contributed by atoms with Crippen molar-refractivity contribution in [3.8, 4) is 0 Å². The number of aliphatic hydroxyl groups excluding tert-OH is 1. The van der Waals surface area contributed by atoms with Gasteiger partial charge in [-0.1, -0.05) is 6.07 Å². The van der Waals surface area contributed by atoms with Crippen LogP contribution in [0.2, 0.25) is 0 Å². The van der Waals surface area contributed by atoms with Crippen LogP contribution in [-0.2, 0) is 0 Å². The molecule has 0 saturated carbocycles. The van der Waals surface area contributed by atoms with Gasteiger partial charge < -0.3 is 10.0 Å². The molecule has 0 saturated heterocycles. The topological polar surface area (TPSA) is 40.5 Å². The minimum Gasteiger partial charge on any atom is -0.393 e. The van der Waals surface area contributed by atoms with Crippen LogP contribution in [0.25, 0.3) is 0 Å². The Hall–Kier alpha value is -1.42. The van der Waals surface area contributed by atoms with E-state index in [-0.39, 0.29) is 5.78 Å². The molecule has 1 aromatic rings. The average molecular weight is 239 g/mol. The van der Waals surface area contributed by atoms with Crippen LogP contribution in [0.15, 0.2) is 18.2 Å². The Balaban J connectivity index is 2.98. The summed E-state index contributed by atoms with van der Waals surface area (Å²) in [5.74, 6) is -0.575. The van der Waals surface area contributed by atoms with E-state index in [4.69, 9.17) is 0 Å². The number of rotatable bonds is 5. The van der Waals surface area contributed by atoms with Gasteiger partial charge in [0, 0.05) is 19.2 Å². The zero-order valence-electron chi connectivity index (χ0n) is 10.4. The van der Waals surface area contributed by atoms with E-state index in [9.17, 15) is 14.3 Å². The van der Waals surface area contributed by atoms with E-state index in [1.54, 1.807) is 24.9 Å². The maximum atomic E-state index is 13.7. The molecule has 0 radical (unpaired) electrons. The summed E-state index contributed by atoms with van der Waals surface area (Å²) in [6, 6.07) is 4.47. The Morgan fingerprint density at radius 1 is 1.53 bits per heavy atom. The molecular formula is C13H18FNO2. The minimum absolute atomic E-state index is 0.164. The first-order chi connectivity index (χ1) is 7.93. The zero-order chi connectivity index (χ0) is 13.0. The molecule has 0 aliphatic heterocycles. The Kier molecular flexibility index (Phi) is 4.63. The molecule has 0 heterocycles. The maximum Gasteiger partial charge on any atom is 0.161 e. The van der Waals surface area contributed by atoms with Crippen LogP contribution in [0, 0.1) is 5.82 Å². The van der Waals surface area contributed by atoms with Crippen molar-refractivity contribution in [3.63, 3.8) is 0 Å². The lowest BCUT2D eigenvalue weighted by atomic mass is 10.1. The highest BCUT2D eigenvalue weighted by atomic mass is 19.1. The number of halogens is 1. The van der Waals surface area contributed by atoms with Gasteiger partial charge >= 0.3 is 0 Å². The van der Waals surface area contributed by atoms with Gasteiger partial charge in [0.1, 0.15) is 5.82 Å². The van der Waals surface area contributed by atoms with Crippen molar-refractivity contribution >= 4 is 11.5 Å². The molecule has 3 nitrogen and oxygen atoms in total. The highest BCUT2D eigenvalue weighted by molar-refractivity contribution is 5.99. The number of hydrogen-bond acceptors (Lipinski definition) is 3. The molecule has 4 heteroatoms. The minimum atomic E-state index is -0.440. The lowest BCUT2D eigenvalue weighted by Gasteiger charge is -2.22. The second-order valence-electron chi connectivity index (χ2n) is 4.25. The summed E-state index contributed by atoms with van der Waals surface area (Å²) in [6.45, 7) is 3.60. The van der Waals surface area contributed by atoms with Crippen molar-refractivity contribution in [1.29, 1.82) is 0 Å². The summed E-state index contributed by atoms with van der Waals surface area (Å²) in [5, 5.41) is 9.21. The highest BCUT2D eigenvalue weighted by Crippen LogP contribution is 2.24. The summed E-state index contributed by atoms with van der Waals surface area (Å²) < 4.78 is 13.7. The second-order valence-corrected chi connectivity index (χ2v) is 4.25. The molecule has 94 valence electrons. The van der Waals surface area contributed by atoms with Gasteiger partial charge in [-0.2, -0.15) is 0 Å². The van der Waals surface area contributed by atoms with E-state index in [2.05, 4.69) is 0 Å². The number of carbonyl (C=O) groups is 1. The molecule has 1 aromatic carbocycles. The Labute approximate surface area is 101 Å². The number of Topliss-reactive ketones (excluding diaryl/α,β-unsaturated/α-hetero) is 1. The molecule has 0 aliphatic carbocycles. The fraction of sp³-hybridized carbons (Fsp3) is 0.462. The average Bonchev–Trinajstić information content (AvgIpc) is 2.25. The number of benzene rings is 1. The lowest BCUT2D eigenvalue weighted by molar-refractivity contribution is 0.101. The van der Waals surface area contributed by atoms with Crippen LogP contribution >= 0.6 is 0 Å². The molecule has 1 atom stereocenters. The van der Waals surface area contributed by atoms with Crippen molar-refractivity contribution in [3.05, 3.63) is 29.6 Å². The molecule has 1 rings (SSSR count). The van der Waals surface area contributed by atoms with Crippen molar-refractivity contribution in [2.45, 2.75) is 26.4 Å². The Morgan fingerprint density at radius 2 is 2.18 bits per heavy atom. The molecular weight excluding hydrogens is 221 g/mol. The number of carbonyl (C=O) groups excluding carboxylic acids is 1. The second kappa shape index (κ2) is 5.77. The SMILES string of the molecule is CC(=O)c1cccc(F)c1N(C)CCC(C)O. The van der Waals surface area contributed by atoms with Gasteiger partial charge in [0.15, 0.2) is 5.78 Å². The van der Waals surface area contributed by atoms with Crippen molar-refractivity contribution in [1.82, 2.24) is 0 Å². The summed E-state index contributed by atoms with van der Waals surface area (Å²) in [5.41, 5.74) is 0.679. The summed E-state index contributed by atoms with van der Waals surface area (Å²) in [6.07, 6.45) is 0.0901. The third-order valence-corrected chi connectivity index (χ3v) is 2.63. The van der Waals surface area contributed by atoms with Crippen LogP contribution in [0.5, 0.6) is 0 Å².